The summed E-state index contributed by atoms with van der Waals surface area (Å²) in [4.78, 5) is 27.1. The van der Waals surface area contributed by atoms with Gasteiger partial charge in [0.1, 0.15) is 17.7 Å². The number of amides is 2. The van der Waals surface area contributed by atoms with Crippen LogP contribution >= 0.6 is 11.8 Å². The van der Waals surface area contributed by atoms with Gasteiger partial charge in [-0.2, -0.15) is 0 Å². The summed E-state index contributed by atoms with van der Waals surface area (Å²) in [5, 5.41) is 2.90. The molecule has 1 N–H and O–H groups in total. The van der Waals surface area contributed by atoms with Gasteiger partial charge in [0.2, 0.25) is 11.8 Å². The molecule has 0 aromatic heterocycles. The van der Waals surface area contributed by atoms with Crippen LogP contribution in [-0.2, 0) is 21.9 Å². The van der Waals surface area contributed by atoms with E-state index in [0.29, 0.717) is 11.3 Å². The predicted molar refractivity (Wildman–Crippen MR) is 117 cm³/mol. The van der Waals surface area contributed by atoms with Gasteiger partial charge in [-0.25, -0.2) is 8.78 Å². The normalized spacial score (nSPS) is 12.8. The van der Waals surface area contributed by atoms with Gasteiger partial charge >= 0.3 is 0 Å². The van der Waals surface area contributed by atoms with Crippen molar-refractivity contribution in [3.05, 3.63) is 71.3 Å². The molecule has 2 atom stereocenters. The molecule has 4 nitrogen and oxygen atoms in total. The minimum absolute atomic E-state index is 0.00171. The van der Waals surface area contributed by atoms with Crippen molar-refractivity contribution in [2.24, 2.45) is 0 Å². The molecule has 0 saturated carbocycles. The molecule has 2 aromatic carbocycles. The molecule has 0 radical (unpaired) electrons. The second-order valence-corrected chi connectivity index (χ2v) is 8.21. The summed E-state index contributed by atoms with van der Waals surface area (Å²) in [6.45, 7) is 5.74. The molecule has 0 aliphatic carbocycles. The van der Waals surface area contributed by atoms with E-state index in [1.54, 1.807) is 37.3 Å². The van der Waals surface area contributed by atoms with Crippen molar-refractivity contribution in [2.75, 3.05) is 5.75 Å². The lowest BCUT2D eigenvalue weighted by Crippen LogP contribution is -2.50. The van der Waals surface area contributed by atoms with Gasteiger partial charge in [-0.15, -0.1) is 11.8 Å². The Balaban J connectivity index is 2.08. The molecule has 2 aromatic rings. The second-order valence-electron chi connectivity index (χ2n) is 7.23. The highest BCUT2D eigenvalue weighted by molar-refractivity contribution is 7.99. The van der Waals surface area contributed by atoms with Crippen molar-refractivity contribution in [1.29, 1.82) is 0 Å². The maximum atomic E-state index is 13.8. The van der Waals surface area contributed by atoms with Crippen LogP contribution in [0.25, 0.3) is 0 Å². The van der Waals surface area contributed by atoms with Crippen LogP contribution in [0.4, 0.5) is 8.78 Å². The van der Waals surface area contributed by atoms with E-state index < -0.39 is 6.04 Å². The smallest absolute Gasteiger partial charge is 0.242 e. The summed E-state index contributed by atoms with van der Waals surface area (Å²) in [5.74, 6) is -0.667. The molecular weight excluding hydrogens is 406 g/mol. The average Bonchev–Trinajstić information content (AvgIpc) is 2.73. The van der Waals surface area contributed by atoms with Crippen LogP contribution in [0, 0.1) is 11.6 Å². The third kappa shape index (κ3) is 7.13. The first-order chi connectivity index (χ1) is 14.3. The monoisotopic (exact) mass is 434 g/mol. The highest BCUT2D eigenvalue weighted by atomic mass is 32.2. The second kappa shape index (κ2) is 11.7. The van der Waals surface area contributed by atoms with Crippen LogP contribution in [0.15, 0.2) is 48.5 Å². The number of halogens is 2. The first-order valence-corrected chi connectivity index (χ1v) is 11.1. The molecule has 2 amide bonds. The third-order valence-corrected chi connectivity index (χ3v) is 5.84. The van der Waals surface area contributed by atoms with Crippen LogP contribution in [0.1, 0.15) is 38.3 Å². The number of hydrogen-bond donors (Lipinski definition) is 1. The topological polar surface area (TPSA) is 49.4 Å². The summed E-state index contributed by atoms with van der Waals surface area (Å²) >= 11 is 1.29. The van der Waals surface area contributed by atoms with E-state index in [1.807, 2.05) is 13.8 Å². The van der Waals surface area contributed by atoms with Crippen LogP contribution in [0.5, 0.6) is 0 Å². The molecule has 7 heteroatoms. The first kappa shape index (κ1) is 23.9. The van der Waals surface area contributed by atoms with E-state index in [1.165, 1.54) is 34.9 Å². The molecule has 0 saturated heterocycles. The molecule has 0 spiro atoms. The Kier molecular flexibility index (Phi) is 9.30. The van der Waals surface area contributed by atoms with Crippen LogP contribution in [0.2, 0.25) is 0 Å². The third-order valence-electron chi connectivity index (χ3n) is 4.88. The minimum Gasteiger partial charge on any atom is -0.352 e. The summed E-state index contributed by atoms with van der Waals surface area (Å²) in [6, 6.07) is 11.6. The van der Waals surface area contributed by atoms with Crippen molar-refractivity contribution < 1.29 is 18.4 Å². The summed E-state index contributed by atoms with van der Waals surface area (Å²) in [5.41, 5.74) is 1.26. The molecular formula is C23H28F2N2O2S. The molecule has 30 heavy (non-hydrogen) atoms. The predicted octanol–water partition coefficient (Wildman–Crippen LogP) is 4.53. The Morgan fingerprint density at radius 2 is 1.73 bits per heavy atom. The summed E-state index contributed by atoms with van der Waals surface area (Å²) in [6.07, 6.45) is 0.781. The number of benzene rings is 2. The van der Waals surface area contributed by atoms with Gasteiger partial charge < -0.3 is 10.2 Å². The SMILES string of the molecule is CC[C@@H](C)NC(=O)[C@@H](C)N(Cc1ccc(F)cc1)C(=O)CSCc1ccccc1F. The average molecular weight is 435 g/mol. The Morgan fingerprint density at radius 1 is 1.07 bits per heavy atom. The van der Waals surface area contributed by atoms with Crippen LogP contribution < -0.4 is 5.32 Å². The fraction of sp³-hybridized carbons (Fsp3) is 0.391. The van der Waals surface area contributed by atoms with Gasteiger partial charge in [0.05, 0.1) is 5.75 Å². The zero-order valence-corrected chi connectivity index (χ0v) is 18.3. The number of hydrogen-bond acceptors (Lipinski definition) is 3. The van der Waals surface area contributed by atoms with Gasteiger partial charge in [-0.1, -0.05) is 37.3 Å². The standard InChI is InChI=1S/C23H28F2N2O2S/c1-4-16(2)26-23(29)17(3)27(13-18-9-11-20(24)12-10-18)22(28)15-30-14-19-7-5-6-8-21(19)25/h5-12,16-17H,4,13-15H2,1-3H3,(H,26,29)/t16-,17-/m1/s1. The highest BCUT2D eigenvalue weighted by Crippen LogP contribution is 2.18. The molecule has 0 unspecified atom stereocenters. The molecule has 0 aliphatic rings. The van der Waals surface area contributed by atoms with E-state index >= 15 is 0 Å². The Bertz CT molecular complexity index is 845. The van der Waals surface area contributed by atoms with Crippen molar-refractivity contribution in [3.63, 3.8) is 0 Å². The lowest BCUT2D eigenvalue weighted by Gasteiger charge is -2.29. The molecule has 2 rings (SSSR count). The number of carbonyl (C=O) groups excluding carboxylic acids is 2. The zero-order chi connectivity index (χ0) is 22.1. The Morgan fingerprint density at radius 3 is 2.37 bits per heavy atom. The van der Waals surface area contributed by atoms with E-state index in [0.717, 1.165) is 12.0 Å². The molecule has 0 fully saturated rings. The molecule has 162 valence electrons. The summed E-state index contributed by atoms with van der Waals surface area (Å²) in [7, 11) is 0. The van der Waals surface area contributed by atoms with Crippen molar-refractivity contribution in [2.45, 2.75) is 51.6 Å². The number of thioether (sulfide) groups is 1. The maximum Gasteiger partial charge on any atom is 0.242 e. The highest BCUT2D eigenvalue weighted by Gasteiger charge is 2.26. The lowest BCUT2D eigenvalue weighted by atomic mass is 10.1. The molecule has 0 heterocycles. The molecule has 0 aliphatic heterocycles. The van der Waals surface area contributed by atoms with E-state index in [2.05, 4.69) is 5.32 Å². The number of nitrogens with zero attached hydrogens (tertiary/aromatic N) is 1. The first-order valence-electron chi connectivity index (χ1n) is 9.97. The van der Waals surface area contributed by atoms with Crippen molar-refractivity contribution >= 4 is 23.6 Å². The summed E-state index contributed by atoms with van der Waals surface area (Å²) < 4.78 is 27.0. The van der Waals surface area contributed by atoms with E-state index in [-0.39, 0.29) is 41.8 Å². The Hall–Kier alpha value is -2.41. The maximum absolute atomic E-state index is 13.8. The number of carbonyl (C=O) groups is 2. The van der Waals surface area contributed by atoms with Crippen LogP contribution in [-0.4, -0.2) is 34.6 Å². The van der Waals surface area contributed by atoms with E-state index in [4.69, 9.17) is 0 Å². The quantitative estimate of drug-likeness (QED) is 0.598. The van der Waals surface area contributed by atoms with Gasteiger partial charge in [0.25, 0.3) is 0 Å². The fourth-order valence-electron chi connectivity index (χ4n) is 2.78. The minimum atomic E-state index is -0.689. The zero-order valence-electron chi connectivity index (χ0n) is 17.5. The lowest BCUT2D eigenvalue weighted by molar-refractivity contribution is -0.138. The van der Waals surface area contributed by atoms with Crippen molar-refractivity contribution in [1.82, 2.24) is 10.2 Å². The number of rotatable bonds is 10. The van der Waals surface area contributed by atoms with Crippen molar-refractivity contribution in [3.8, 4) is 0 Å². The fourth-order valence-corrected chi connectivity index (χ4v) is 3.68. The molecule has 0 bridgehead atoms. The largest absolute Gasteiger partial charge is 0.352 e. The van der Waals surface area contributed by atoms with Gasteiger partial charge in [-0.3, -0.25) is 9.59 Å². The van der Waals surface area contributed by atoms with Gasteiger partial charge in [-0.05, 0) is 49.6 Å². The Labute approximate surface area is 181 Å². The van der Waals surface area contributed by atoms with Crippen LogP contribution in [0.3, 0.4) is 0 Å². The van der Waals surface area contributed by atoms with E-state index in [9.17, 15) is 18.4 Å². The number of nitrogens with one attached hydrogen (secondary N) is 1. The van der Waals surface area contributed by atoms with Gasteiger partial charge in [0.15, 0.2) is 0 Å². The van der Waals surface area contributed by atoms with Gasteiger partial charge in [0, 0.05) is 18.3 Å².